The minimum atomic E-state index is 0.178. The van der Waals surface area contributed by atoms with E-state index in [9.17, 15) is 4.79 Å². The van der Waals surface area contributed by atoms with Crippen molar-refractivity contribution in [3.8, 4) is 11.4 Å². The molecule has 7 nitrogen and oxygen atoms in total. The van der Waals surface area contributed by atoms with E-state index in [-0.39, 0.29) is 5.91 Å². The van der Waals surface area contributed by atoms with E-state index < -0.39 is 0 Å². The third-order valence-electron chi connectivity index (χ3n) is 5.05. The molecular weight excluding hydrogens is 328 g/mol. The first kappa shape index (κ1) is 16.6. The van der Waals surface area contributed by atoms with Crippen molar-refractivity contribution in [3.05, 3.63) is 42.7 Å². The van der Waals surface area contributed by atoms with Gasteiger partial charge < -0.3 is 4.90 Å². The zero-order valence-corrected chi connectivity index (χ0v) is 14.9. The quantitative estimate of drug-likeness (QED) is 0.725. The van der Waals surface area contributed by atoms with Crippen molar-refractivity contribution in [2.75, 3.05) is 13.1 Å². The van der Waals surface area contributed by atoms with Gasteiger partial charge in [-0.1, -0.05) is 0 Å². The number of carbonyl (C=O) groups excluding carboxylic acids is 1. The highest BCUT2D eigenvalue weighted by atomic mass is 16.2. The molecule has 3 aromatic rings. The second-order valence-electron chi connectivity index (χ2n) is 6.83. The highest BCUT2D eigenvalue weighted by Crippen LogP contribution is 2.22. The lowest BCUT2D eigenvalue weighted by atomic mass is 9.95. The van der Waals surface area contributed by atoms with E-state index >= 15 is 0 Å². The Balaban J connectivity index is 1.46. The molecule has 3 aromatic heterocycles. The predicted octanol–water partition coefficient (Wildman–Crippen LogP) is 2.38. The van der Waals surface area contributed by atoms with Crippen molar-refractivity contribution in [1.82, 2.24) is 29.2 Å². The summed E-state index contributed by atoms with van der Waals surface area (Å²) in [5, 5.41) is 0. The van der Waals surface area contributed by atoms with Gasteiger partial charge in [-0.2, -0.15) is 0 Å². The molecule has 1 amide bonds. The number of fused-ring (bicyclic) bond motifs is 1. The van der Waals surface area contributed by atoms with Crippen molar-refractivity contribution >= 4 is 11.7 Å². The molecule has 1 aliphatic heterocycles. The smallest absolute Gasteiger partial charge is 0.234 e. The van der Waals surface area contributed by atoms with Gasteiger partial charge >= 0.3 is 0 Å². The highest BCUT2D eigenvalue weighted by molar-refractivity contribution is 5.73. The fourth-order valence-corrected chi connectivity index (χ4v) is 3.59. The van der Waals surface area contributed by atoms with E-state index in [4.69, 9.17) is 0 Å². The normalized spacial score (nSPS) is 18.0. The number of carbonyl (C=O) groups is 1. The summed E-state index contributed by atoms with van der Waals surface area (Å²) >= 11 is 0. The summed E-state index contributed by atoms with van der Waals surface area (Å²) in [6.45, 7) is 3.37. The maximum Gasteiger partial charge on any atom is 0.234 e. The number of amides is 1. The zero-order valence-electron chi connectivity index (χ0n) is 14.9. The van der Waals surface area contributed by atoms with Gasteiger partial charge in [-0.15, -0.1) is 0 Å². The molecule has 134 valence electrons. The van der Waals surface area contributed by atoms with Crippen molar-refractivity contribution < 1.29 is 4.79 Å². The lowest BCUT2D eigenvalue weighted by Gasteiger charge is -2.18. The number of hydrogen-bond acceptors (Lipinski definition) is 5. The van der Waals surface area contributed by atoms with Crippen LogP contribution in [-0.4, -0.2) is 48.2 Å². The molecule has 7 heteroatoms. The van der Waals surface area contributed by atoms with Crippen LogP contribution in [0.25, 0.3) is 17.2 Å². The molecule has 0 saturated carbocycles. The van der Waals surface area contributed by atoms with Crippen molar-refractivity contribution in [2.24, 2.45) is 5.92 Å². The average Bonchev–Trinajstić information content (AvgIpc) is 2.94. The molecule has 1 saturated heterocycles. The lowest BCUT2D eigenvalue weighted by molar-refractivity contribution is -0.128. The predicted molar refractivity (Wildman–Crippen MR) is 97.3 cm³/mol. The molecule has 0 spiro atoms. The van der Waals surface area contributed by atoms with Crippen LogP contribution in [0.5, 0.6) is 0 Å². The number of imidazole rings is 1. The summed E-state index contributed by atoms with van der Waals surface area (Å²) in [6.07, 6.45) is 13.2. The van der Waals surface area contributed by atoms with Gasteiger partial charge in [0.05, 0.1) is 23.8 Å². The zero-order chi connectivity index (χ0) is 17.9. The van der Waals surface area contributed by atoms with Crippen LogP contribution < -0.4 is 0 Å². The van der Waals surface area contributed by atoms with Crippen LogP contribution in [0.2, 0.25) is 0 Å². The maximum absolute atomic E-state index is 11.6. The third kappa shape index (κ3) is 3.42. The Kier molecular flexibility index (Phi) is 4.60. The molecule has 0 aliphatic carbocycles. The van der Waals surface area contributed by atoms with E-state index in [1.807, 2.05) is 34.0 Å². The Bertz CT molecular complexity index is 904. The number of hydrogen-bond donors (Lipinski definition) is 0. The first-order chi connectivity index (χ1) is 12.7. The Morgan fingerprint density at radius 3 is 2.85 bits per heavy atom. The van der Waals surface area contributed by atoms with Crippen LogP contribution in [0.15, 0.2) is 37.1 Å². The van der Waals surface area contributed by atoms with E-state index in [0.29, 0.717) is 11.7 Å². The van der Waals surface area contributed by atoms with Gasteiger partial charge in [-0.3, -0.25) is 19.2 Å². The van der Waals surface area contributed by atoms with Gasteiger partial charge in [0.1, 0.15) is 5.69 Å². The largest absolute Gasteiger partial charge is 0.343 e. The number of aromatic nitrogens is 5. The molecule has 0 radical (unpaired) electrons. The molecule has 1 fully saturated rings. The van der Waals surface area contributed by atoms with Crippen LogP contribution in [0, 0.1) is 5.92 Å². The molecule has 1 aliphatic rings. The topological polar surface area (TPSA) is 76.3 Å². The summed E-state index contributed by atoms with van der Waals surface area (Å²) in [6, 6.07) is 1.87. The minimum absolute atomic E-state index is 0.178. The number of likely N-dealkylation sites (tertiary alicyclic amines) is 1. The van der Waals surface area contributed by atoms with Crippen LogP contribution in [-0.2, 0) is 11.2 Å². The van der Waals surface area contributed by atoms with E-state index in [0.717, 1.165) is 55.9 Å². The Morgan fingerprint density at radius 2 is 2.04 bits per heavy atom. The molecule has 4 heterocycles. The number of rotatable bonds is 3. The van der Waals surface area contributed by atoms with Gasteiger partial charge in [0.2, 0.25) is 11.7 Å². The molecule has 0 aromatic carbocycles. The Hall–Kier alpha value is -2.83. The van der Waals surface area contributed by atoms with Crippen LogP contribution >= 0.6 is 0 Å². The SMILES string of the molecule is CC(=O)N1CCC[C@@H](Cc2cnc(-c3cnc4ncccn34)cn2)CC1. The summed E-state index contributed by atoms with van der Waals surface area (Å²) < 4.78 is 1.91. The van der Waals surface area contributed by atoms with E-state index in [2.05, 4.69) is 19.9 Å². The molecule has 0 bridgehead atoms. The molecule has 1 atom stereocenters. The van der Waals surface area contributed by atoms with Crippen LogP contribution in [0.4, 0.5) is 0 Å². The summed E-state index contributed by atoms with van der Waals surface area (Å²) in [4.78, 5) is 31.2. The second kappa shape index (κ2) is 7.19. The number of nitrogens with zero attached hydrogens (tertiary/aromatic N) is 6. The molecule has 0 unspecified atom stereocenters. The fourth-order valence-electron chi connectivity index (χ4n) is 3.59. The van der Waals surface area contributed by atoms with Crippen molar-refractivity contribution in [3.63, 3.8) is 0 Å². The molecule has 4 rings (SSSR count). The van der Waals surface area contributed by atoms with Gasteiger partial charge in [-0.05, 0) is 37.7 Å². The Labute approximate surface area is 152 Å². The standard InChI is InChI=1S/C19H22N6O/c1-14(26)24-7-2-4-15(5-9-24)10-16-11-22-17(12-21-16)18-13-23-19-20-6-3-8-25(18)19/h3,6,8,11-13,15H,2,4-5,7,9-10H2,1H3/t15-/m1/s1. The summed E-state index contributed by atoms with van der Waals surface area (Å²) in [7, 11) is 0. The Morgan fingerprint density at radius 1 is 1.12 bits per heavy atom. The average molecular weight is 350 g/mol. The fraction of sp³-hybridized carbons (Fsp3) is 0.421. The third-order valence-corrected chi connectivity index (χ3v) is 5.05. The second-order valence-corrected chi connectivity index (χ2v) is 6.83. The molecule has 0 N–H and O–H groups in total. The van der Waals surface area contributed by atoms with Crippen LogP contribution in [0.3, 0.4) is 0 Å². The van der Waals surface area contributed by atoms with E-state index in [1.54, 1.807) is 19.3 Å². The minimum Gasteiger partial charge on any atom is -0.343 e. The van der Waals surface area contributed by atoms with Gasteiger partial charge in [0.25, 0.3) is 0 Å². The lowest BCUT2D eigenvalue weighted by Crippen LogP contribution is -2.29. The molecular formula is C19H22N6O. The summed E-state index contributed by atoms with van der Waals surface area (Å²) in [5.41, 5.74) is 2.68. The van der Waals surface area contributed by atoms with Gasteiger partial charge in [-0.25, -0.2) is 9.97 Å². The first-order valence-electron chi connectivity index (χ1n) is 9.05. The highest BCUT2D eigenvalue weighted by Gasteiger charge is 2.19. The molecule has 26 heavy (non-hydrogen) atoms. The van der Waals surface area contributed by atoms with E-state index in [1.165, 1.54) is 0 Å². The van der Waals surface area contributed by atoms with Crippen LogP contribution in [0.1, 0.15) is 31.9 Å². The van der Waals surface area contributed by atoms with Crippen molar-refractivity contribution in [2.45, 2.75) is 32.6 Å². The first-order valence-corrected chi connectivity index (χ1v) is 9.05. The summed E-state index contributed by atoms with van der Waals surface area (Å²) in [5.74, 6) is 1.39. The maximum atomic E-state index is 11.6. The monoisotopic (exact) mass is 350 g/mol. The van der Waals surface area contributed by atoms with Crippen molar-refractivity contribution in [1.29, 1.82) is 0 Å². The van der Waals surface area contributed by atoms with Gasteiger partial charge in [0, 0.05) is 38.6 Å². The van der Waals surface area contributed by atoms with Gasteiger partial charge in [0.15, 0.2) is 0 Å².